The van der Waals surface area contributed by atoms with Gasteiger partial charge in [0.25, 0.3) is 0 Å². The van der Waals surface area contributed by atoms with Gasteiger partial charge in [-0.15, -0.1) is 21.5 Å². The number of hydrogen-bond donors (Lipinski definition) is 0. The van der Waals surface area contributed by atoms with E-state index in [0.29, 0.717) is 10.9 Å². The van der Waals surface area contributed by atoms with Crippen molar-refractivity contribution in [1.29, 1.82) is 0 Å². The van der Waals surface area contributed by atoms with Gasteiger partial charge in [-0.05, 0) is 44.0 Å². The summed E-state index contributed by atoms with van der Waals surface area (Å²) in [6, 6.07) is 7.86. The van der Waals surface area contributed by atoms with Gasteiger partial charge in [0, 0.05) is 25.1 Å². The molecule has 0 aliphatic heterocycles. The Balaban J connectivity index is 1.53. The highest BCUT2D eigenvalue weighted by Crippen LogP contribution is 2.34. The molecule has 4 aromatic rings. The van der Waals surface area contributed by atoms with Crippen LogP contribution < -0.4 is 4.90 Å². The summed E-state index contributed by atoms with van der Waals surface area (Å²) in [5, 5.41) is 12.1. The molecule has 0 radical (unpaired) electrons. The summed E-state index contributed by atoms with van der Waals surface area (Å²) in [6.07, 6.45) is 1.65. The molecule has 7 nitrogen and oxygen atoms in total. The molecule has 4 rings (SSSR count). The molecule has 31 heavy (non-hydrogen) atoms. The molecule has 0 atom stereocenters. The number of carbonyl (C=O) groups is 1. The first-order valence-corrected chi connectivity index (χ1v) is 11.6. The lowest BCUT2D eigenvalue weighted by Crippen LogP contribution is -2.23. The molecule has 0 saturated heterocycles. The van der Waals surface area contributed by atoms with Gasteiger partial charge in [-0.1, -0.05) is 23.9 Å². The second kappa shape index (κ2) is 8.68. The Kier molecular flexibility index (Phi) is 5.97. The first kappa shape index (κ1) is 21.3. The molecular weight excluding hydrogens is 430 g/mol. The average Bonchev–Trinajstić information content (AvgIpc) is 3.44. The van der Waals surface area contributed by atoms with Crippen molar-refractivity contribution in [2.24, 2.45) is 7.05 Å². The van der Waals surface area contributed by atoms with Crippen LogP contribution in [0, 0.1) is 20.8 Å². The van der Waals surface area contributed by atoms with E-state index in [1.807, 2.05) is 62.0 Å². The average molecular weight is 454 g/mol. The lowest BCUT2D eigenvalue weighted by molar-refractivity contribution is -0.115. The van der Waals surface area contributed by atoms with Crippen LogP contribution in [0.3, 0.4) is 0 Å². The van der Waals surface area contributed by atoms with Crippen molar-refractivity contribution >= 4 is 39.8 Å². The van der Waals surface area contributed by atoms with E-state index in [4.69, 9.17) is 9.40 Å². The van der Waals surface area contributed by atoms with Crippen molar-refractivity contribution in [3.05, 3.63) is 58.5 Å². The zero-order valence-corrected chi connectivity index (χ0v) is 19.7. The standard InChI is InChI=1S/C22H23N5O2S2/c1-13-7-6-8-19(14(13)2)27(16(4)28)21-23-17(11-30-21)12-31-22-25-24-20(26(22)5)18-9-10-29-15(18)3/h6-11H,12H2,1-5H3. The fourth-order valence-electron chi connectivity index (χ4n) is 3.28. The summed E-state index contributed by atoms with van der Waals surface area (Å²) in [4.78, 5) is 18.9. The van der Waals surface area contributed by atoms with Gasteiger partial charge in [0.15, 0.2) is 16.1 Å². The highest BCUT2D eigenvalue weighted by molar-refractivity contribution is 7.98. The maximum absolute atomic E-state index is 12.4. The summed E-state index contributed by atoms with van der Waals surface area (Å²) in [5.74, 6) is 2.15. The number of rotatable bonds is 6. The van der Waals surface area contributed by atoms with E-state index in [9.17, 15) is 4.79 Å². The topological polar surface area (TPSA) is 77.1 Å². The molecule has 1 aromatic carbocycles. The highest BCUT2D eigenvalue weighted by atomic mass is 32.2. The SMILES string of the molecule is CC(=O)N(c1nc(CSc2nnc(-c3ccoc3C)n2C)cs1)c1cccc(C)c1C. The summed E-state index contributed by atoms with van der Waals surface area (Å²) in [6.45, 7) is 7.54. The van der Waals surface area contributed by atoms with Crippen LogP contribution in [0.25, 0.3) is 11.4 Å². The van der Waals surface area contributed by atoms with E-state index in [1.54, 1.807) is 29.8 Å². The molecule has 0 N–H and O–H groups in total. The Hall–Kier alpha value is -2.91. The monoisotopic (exact) mass is 453 g/mol. The Bertz CT molecular complexity index is 1240. The molecule has 0 aliphatic rings. The summed E-state index contributed by atoms with van der Waals surface area (Å²) in [7, 11) is 1.94. The molecular formula is C22H23N5O2S2. The maximum atomic E-state index is 12.4. The van der Waals surface area contributed by atoms with Crippen molar-refractivity contribution < 1.29 is 9.21 Å². The van der Waals surface area contributed by atoms with E-state index in [0.717, 1.165) is 44.8 Å². The number of thioether (sulfide) groups is 1. The molecule has 0 saturated carbocycles. The van der Waals surface area contributed by atoms with Crippen molar-refractivity contribution in [2.45, 2.75) is 38.6 Å². The van der Waals surface area contributed by atoms with Gasteiger partial charge >= 0.3 is 0 Å². The molecule has 0 fully saturated rings. The fraction of sp³-hybridized carbons (Fsp3) is 0.273. The minimum Gasteiger partial charge on any atom is -0.469 e. The molecule has 160 valence electrons. The van der Waals surface area contributed by atoms with Crippen molar-refractivity contribution in [2.75, 3.05) is 4.90 Å². The van der Waals surface area contributed by atoms with Gasteiger partial charge in [-0.25, -0.2) is 4.98 Å². The molecule has 0 aliphatic carbocycles. The summed E-state index contributed by atoms with van der Waals surface area (Å²) >= 11 is 3.02. The number of nitrogens with zero attached hydrogens (tertiary/aromatic N) is 5. The normalized spacial score (nSPS) is 11.1. The quantitative estimate of drug-likeness (QED) is 0.362. The summed E-state index contributed by atoms with van der Waals surface area (Å²) < 4.78 is 7.33. The zero-order chi connectivity index (χ0) is 22.1. The number of anilines is 2. The van der Waals surface area contributed by atoms with Gasteiger partial charge in [0.05, 0.1) is 23.2 Å². The van der Waals surface area contributed by atoms with E-state index in [2.05, 4.69) is 10.2 Å². The minimum absolute atomic E-state index is 0.0596. The molecule has 0 unspecified atom stereocenters. The zero-order valence-electron chi connectivity index (χ0n) is 18.0. The van der Waals surface area contributed by atoms with Crippen LogP contribution in [0.5, 0.6) is 0 Å². The first-order valence-electron chi connectivity index (χ1n) is 9.74. The largest absolute Gasteiger partial charge is 0.469 e. The lowest BCUT2D eigenvalue weighted by Gasteiger charge is -2.21. The van der Waals surface area contributed by atoms with Crippen LogP contribution in [0.4, 0.5) is 10.8 Å². The smallest absolute Gasteiger partial charge is 0.230 e. The molecule has 0 bridgehead atoms. The number of aryl methyl sites for hydroxylation is 2. The number of hydrogen-bond acceptors (Lipinski definition) is 7. The van der Waals surface area contributed by atoms with E-state index in [1.165, 1.54) is 11.3 Å². The Morgan fingerprint density at radius 1 is 1.23 bits per heavy atom. The van der Waals surface area contributed by atoms with Crippen LogP contribution in [-0.2, 0) is 17.6 Å². The second-order valence-corrected chi connectivity index (χ2v) is 9.02. The molecule has 1 amide bonds. The maximum Gasteiger partial charge on any atom is 0.230 e. The van der Waals surface area contributed by atoms with Gasteiger partial charge in [0.1, 0.15) is 5.76 Å². The van der Waals surface area contributed by atoms with Crippen LogP contribution in [0.1, 0.15) is 29.5 Å². The first-order chi connectivity index (χ1) is 14.9. The number of furan rings is 1. The van der Waals surface area contributed by atoms with Crippen LogP contribution in [0.15, 0.2) is 45.5 Å². The van der Waals surface area contributed by atoms with Gasteiger partial charge < -0.3 is 8.98 Å². The van der Waals surface area contributed by atoms with Gasteiger partial charge in [0.2, 0.25) is 5.91 Å². The Labute approximate surface area is 189 Å². The van der Waals surface area contributed by atoms with Crippen LogP contribution in [-0.4, -0.2) is 25.7 Å². The van der Waals surface area contributed by atoms with Crippen molar-refractivity contribution in [1.82, 2.24) is 19.7 Å². The number of benzene rings is 1. The third-order valence-electron chi connectivity index (χ3n) is 5.15. The van der Waals surface area contributed by atoms with Crippen molar-refractivity contribution in [3.8, 4) is 11.4 Å². The van der Waals surface area contributed by atoms with E-state index < -0.39 is 0 Å². The van der Waals surface area contributed by atoms with E-state index >= 15 is 0 Å². The molecule has 0 spiro atoms. The number of amides is 1. The van der Waals surface area contributed by atoms with Crippen molar-refractivity contribution in [3.63, 3.8) is 0 Å². The molecule has 3 aromatic heterocycles. The second-order valence-electron chi connectivity index (χ2n) is 7.24. The molecule has 9 heteroatoms. The number of carbonyl (C=O) groups excluding carboxylic acids is 1. The lowest BCUT2D eigenvalue weighted by atomic mass is 10.1. The molecule has 3 heterocycles. The van der Waals surface area contributed by atoms with Crippen LogP contribution >= 0.6 is 23.1 Å². The third kappa shape index (κ3) is 4.15. The predicted molar refractivity (Wildman–Crippen MR) is 124 cm³/mol. The number of aromatic nitrogens is 4. The third-order valence-corrected chi connectivity index (χ3v) is 7.07. The van der Waals surface area contributed by atoms with E-state index in [-0.39, 0.29) is 5.91 Å². The Morgan fingerprint density at radius 3 is 2.74 bits per heavy atom. The number of thiazole rings is 1. The highest BCUT2D eigenvalue weighted by Gasteiger charge is 2.21. The van der Waals surface area contributed by atoms with Crippen LogP contribution in [0.2, 0.25) is 0 Å². The predicted octanol–water partition coefficient (Wildman–Crippen LogP) is 5.43. The Morgan fingerprint density at radius 2 is 2.03 bits per heavy atom. The van der Waals surface area contributed by atoms with Gasteiger partial charge in [-0.2, -0.15) is 0 Å². The van der Waals surface area contributed by atoms with Gasteiger partial charge in [-0.3, -0.25) is 9.69 Å². The summed E-state index contributed by atoms with van der Waals surface area (Å²) in [5.41, 5.74) is 4.91. The fourth-order valence-corrected chi connectivity index (χ4v) is 5.07. The minimum atomic E-state index is -0.0596.